The number of hydrogen-bond donors (Lipinski definition) is 2. The summed E-state index contributed by atoms with van der Waals surface area (Å²) >= 11 is 0. The smallest absolute Gasteiger partial charge is 0.0688 e. The van der Waals surface area contributed by atoms with Crippen molar-refractivity contribution in [1.82, 2.24) is 9.97 Å². The predicted octanol–water partition coefficient (Wildman–Crippen LogP) is 2.72. The van der Waals surface area contributed by atoms with E-state index in [9.17, 15) is 5.11 Å². The maximum atomic E-state index is 9.33. The van der Waals surface area contributed by atoms with Crippen molar-refractivity contribution in [3.8, 4) is 11.3 Å². The SMILES string of the molecule is OCc1ccccc1-c1cc2cnccc2[nH]1. The lowest BCUT2D eigenvalue weighted by Crippen LogP contribution is -1.88. The van der Waals surface area contributed by atoms with Gasteiger partial charge in [-0.3, -0.25) is 4.98 Å². The van der Waals surface area contributed by atoms with Gasteiger partial charge in [-0.25, -0.2) is 0 Å². The van der Waals surface area contributed by atoms with E-state index in [-0.39, 0.29) is 6.61 Å². The van der Waals surface area contributed by atoms with E-state index in [0.717, 1.165) is 27.7 Å². The molecule has 2 N–H and O–H groups in total. The quantitative estimate of drug-likeness (QED) is 0.703. The summed E-state index contributed by atoms with van der Waals surface area (Å²) in [5.74, 6) is 0. The molecular formula is C14H12N2O. The summed E-state index contributed by atoms with van der Waals surface area (Å²) in [6.45, 7) is 0.0454. The molecule has 0 saturated carbocycles. The number of nitrogens with one attached hydrogen (secondary N) is 1. The highest BCUT2D eigenvalue weighted by molar-refractivity contribution is 5.85. The zero-order valence-electron chi connectivity index (χ0n) is 9.22. The zero-order chi connectivity index (χ0) is 11.7. The first-order valence-corrected chi connectivity index (χ1v) is 5.50. The van der Waals surface area contributed by atoms with Gasteiger partial charge >= 0.3 is 0 Å². The van der Waals surface area contributed by atoms with Crippen LogP contribution < -0.4 is 0 Å². The molecule has 3 nitrogen and oxygen atoms in total. The van der Waals surface area contributed by atoms with Gasteiger partial charge in [0.2, 0.25) is 0 Å². The van der Waals surface area contributed by atoms with Crippen LogP contribution in [-0.4, -0.2) is 15.1 Å². The molecule has 3 heteroatoms. The molecule has 84 valence electrons. The van der Waals surface area contributed by atoms with E-state index in [0.29, 0.717) is 0 Å². The minimum Gasteiger partial charge on any atom is -0.392 e. The first-order valence-electron chi connectivity index (χ1n) is 5.50. The second-order valence-electron chi connectivity index (χ2n) is 3.96. The Morgan fingerprint density at radius 1 is 1.18 bits per heavy atom. The lowest BCUT2D eigenvalue weighted by atomic mass is 10.1. The minimum atomic E-state index is 0.0454. The molecule has 2 heterocycles. The molecule has 2 aromatic heterocycles. The second-order valence-corrected chi connectivity index (χ2v) is 3.96. The summed E-state index contributed by atoms with van der Waals surface area (Å²) in [5.41, 5.74) is 4.03. The molecule has 0 aliphatic rings. The van der Waals surface area contributed by atoms with Gasteiger partial charge < -0.3 is 10.1 Å². The highest BCUT2D eigenvalue weighted by Gasteiger charge is 2.06. The standard InChI is InChI=1S/C14H12N2O/c17-9-10-3-1-2-4-12(10)14-7-11-8-15-6-5-13(11)16-14/h1-8,16-17H,9H2. The fraction of sp³-hybridized carbons (Fsp3) is 0.0714. The van der Waals surface area contributed by atoms with Gasteiger partial charge in [0, 0.05) is 34.6 Å². The number of fused-ring (bicyclic) bond motifs is 1. The number of aromatic amines is 1. The van der Waals surface area contributed by atoms with Gasteiger partial charge in [-0.15, -0.1) is 0 Å². The molecule has 3 aromatic rings. The molecule has 0 unspecified atom stereocenters. The third-order valence-corrected chi connectivity index (χ3v) is 2.90. The van der Waals surface area contributed by atoms with Crippen LogP contribution in [-0.2, 0) is 6.61 Å². The van der Waals surface area contributed by atoms with Crippen LogP contribution in [0.4, 0.5) is 0 Å². The van der Waals surface area contributed by atoms with Gasteiger partial charge in [0.25, 0.3) is 0 Å². The number of aromatic nitrogens is 2. The molecule has 0 radical (unpaired) electrons. The number of benzene rings is 1. The van der Waals surface area contributed by atoms with E-state index < -0.39 is 0 Å². The van der Waals surface area contributed by atoms with Crippen molar-refractivity contribution in [2.45, 2.75) is 6.61 Å². The Bertz CT molecular complexity index is 625. The van der Waals surface area contributed by atoms with Gasteiger partial charge in [0.15, 0.2) is 0 Å². The summed E-state index contributed by atoms with van der Waals surface area (Å²) in [6.07, 6.45) is 3.59. The van der Waals surface area contributed by atoms with Crippen LogP contribution in [0.25, 0.3) is 22.2 Å². The lowest BCUT2D eigenvalue weighted by Gasteiger charge is -2.04. The van der Waals surface area contributed by atoms with Crippen molar-refractivity contribution in [2.24, 2.45) is 0 Å². The fourth-order valence-corrected chi connectivity index (χ4v) is 2.04. The van der Waals surface area contributed by atoms with Crippen molar-refractivity contribution in [1.29, 1.82) is 0 Å². The van der Waals surface area contributed by atoms with E-state index in [1.165, 1.54) is 0 Å². The van der Waals surface area contributed by atoms with E-state index in [1.54, 1.807) is 6.20 Å². The molecule has 0 aliphatic carbocycles. The van der Waals surface area contributed by atoms with Crippen molar-refractivity contribution < 1.29 is 5.11 Å². The third-order valence-electron chi connectivity index (χ3n) is 2.90. The van der Waals surface area contributed by atoms with E-state index in [4.69, 9.17) is 0 Å². The Morgan fingerprint density at radius 2 is 2.06 bits per heavy atom. The summed E-state index contributed by atoms with van der Waals surface area (Å²) in [7, 11) is 0. The molecule has 0 aliphatic heterocycles. The number of pyridine rings is 1. The maximum absolute atomic E-state index is 9.33. The van der Waals surface area contributed by atoms with Crippen LogP contribution in [0, 0.1) is 0 Å². The molecular weight excluding hydrogens is 212 g/mol. The van der Waals surface area contributed by atoms with Crippen LogP contribution in [0.15, 0.2) is 48.8 Å². The number of aliphatic hydroxyl groups is 1. The Hall–Kier alpha value is -2.13. The Labute approximate surface area is 98.8 Å². The molecule has 17 heavy (non-hydrogen) atoms. The van der Waals surface area contributed by atoms with Crippen molar-refractivity contribution >= 4 is 10.9 Å². The monoisotopic (exact) mass is 224 g/mol. The number of aliphatic hydroxyl groups excluding tert-OH is 1. The van der Waals surface area contributed by atoms with Gasteiger partial charge in [0.1, 0.15) is 0 Å². The molecule has 0 fully saturated rings. The Kier molecular flexibility index (Phi) is 2.38. The molecule has 0 spiro atoms. The van der Waals surface area contributed by atoms with Crippen LogP contribution in [0.3, 0.4) is 0 Å². The average molecular weight is 224 g/mol. The normalized spacial score (nSPS) is 10.9. The summed E-state index contributed by atoms with van der Waals surface area (Å²) in [5, 5.41) is 10.4. The molecule has 0 saturated heterocycles. The Balaban J connectivity index is 2.20. The highest BCUT2D eigenvalue weighted by Crippen LogP contribution is 2.26. The first kappa shape index (κ1) is 10.1. The van der Waals surface area contributed by atoms with Crippen LogP contribution in [0.2, 0.25) is 0 Å². The minimum absolute atomic E-state index is 0.0454. The Morgan fingerprint density at radius 3 is 2.88 bits per heavy atom. The van der Waals surface area contributed by atoms with Gasteiger partial charge in [-0.05, 0) is 17.7 Å². The van der Waals surface area contributed by atoms with E-state index in [1.807, 2.05) is 36.5 Å². The largest absolute Gasteiger partial charge is 0.392 e. The van der Waals surface area contributed by atoms with Gasteiger partial charge in [-0.2, -0.15) is 0 Å². The zero-order valence-corrected chi connectivity index (χ0v) is 9.22. The van der Waals surface area contributed by atoms with E-state index >= 15 is 0 Å². The molecule has 0 amide bonds. The van der Waals surface area contributed by atoms with E-state index in [2.05, 4.69) is 16.0 Å². The second kappa shape index (κ2) is 4.03. The summed E-state index contributed by atoms with van der Waals surface area (Å²) in [6, 6.07) is 11.8. The first-order chi connectivity index (χ1) is 8.38. The third kappa shape index (κ3) is 1.70. The van der Waals surface area contributed by atoms with Crippen LogP contribution >= 0.6 is 0 Å². The van der Waals surface area contributed by atoms with Crippen LogP contribution in [0.1, 0.15) is 5.56 Å². The topological polar surface area (TPSA) is 48.9 Å². The molecule has 0 bridgehead atoms. The predicted molar refractivity (Wildman–Crippen MR) is 67.5 cm³/mol. The molecule has 0 atom stereocenters. The van der Waals surface area contributed by atoms with Crippen LogP contribution in [0.5, 0.6) is 0 Å². The maximum Gasteiger partial charge on any atom is 0.0688 e. The number of hydrogen-bond acceptors (Lipinski definition) is 2. The van der Waals surface area contributed by atoms with Gasteiger partial charge in [-0.1, -0.05) is 24.3 Å². The number of nitrogens with zero attached hydrogens (tertiary/aromatic N) is 1. The highest BCUT2D eigenvalue weighted by atomic mass is 16.3. The number of H-pyrrole nitrogens is 1. The van der Waals surface area contributed by atoms with Crippen molar-refractivity contribution in [2.75, 3.05) is 0 Å². The summed E-state index contributed by atoms with van der Waals surface area (Å²) < 4.78 is 0. The molecule has 3 rings (SSSR count). The average Bonchev–Trinajstić information content (AvgIpc) is 2.82. The van der Waals surface area contributed by atoms with Gasteiger partial charge in [0.05, 0.1) is 6.61 Å². The summed E-state index contributed by atoms with van der Waals surface area (Å²) in [4.78, 5) is 7.43. The molecule has 1 aromatic carbocycles. The van der Waals surface area contributed by atoms with Crippen molar-refractivity contribution in [3.63, 3.8) is 0 Å². The number of rotatable bonds is 2. The van der Waals surface area contributed by atoms with Crippen molar-refractivity contribution in [3.05, 3.63) is 54.4 Å². The fourth-order valence-electron chi connectivity index (χ4n) is 2.04. The lowest BCUT2D eigenvalue weighted by molar-refractivity contribution is 0.282.